The maximum atomic E-state index is 13.8. The molecule has 1 aromatic carbocycles. The highest BCUT2D eigenvalue weighted by atomic mass is 19.1. The second kappa shape index (κ2) is 7.46. The molecular weight excluding hydrogens is 245 g/mol. The van der Waals surface area contributed by atoms with Crippen molar-refractivity contribution < 1.29 is 13.9 Å². The lowest BCUT2D eigenvalue weighted by atomic mass is 9.97. The Hall–Kier alpha value is -1.13. The fourth-order valence-corrected chi connectivity index (χ4v) is 2.43. The van der Waals surface area contributed by atoms with Gasteiger partial charge in [-0.05, 0) is 44.3 Å². The van der Waals surface area contributed by atoms with Crippen molar-refractivity contribution in [1.29, 1.82) is 0 Å². The molecule has 1 aromatic rings. The van der Waals surface area contributed by atoms with E-state index < -0.39 is 0 Å². The molecule has 1 atom stereocenters. The fraction of sp³-hybridized carbons (Fsp3) is 0.600. The van der Waals surface area contributed by atoms with Crippen molar-refractivity contribution in [3.63, 3.8) is 0 Å². The van der Waals surface area contributed by atoms with Gasteiger partial charge in [-0.2, -0.15) is 0 Å². The third kappa shape index (κ3) is 4.18. The predicted octanol–water partition coefficient (Wildman–Crippen LogP) is 2.74. The van der Waals surface area contributed by atoms with Gasteiger partial charge in [0.2, 0.25) is 0 Å². The molecule has 0 spiro atoms. The lowest BCUT2D eigenvalue weighted by Gasteiger charge is -2.22. The topological polar surface area (TPSA) is 30.5 Å². The Balaban J connectivity index is 1.73. The molecule has 0 amide bonds. The lowest BCUT2D eigenvalue weighted by molar-refractivity contribution is 0.101. The Morgan fingerprint density at radius 1 is 1.42 bits per heavy atom. The molecule has 1 unspecified atom stereocenters. The lowest BCUT2D eigenvalue weighted by Crippen LogP contribution is -2.30. The van der Waals surface area contributed by atoms with Crippen LogP contribution in [0.2, 0.25) is 0 Å². The number of nitrogens with one attached hydrogen (secondary N) is 1. The molecule has 0 aromatic heterocycles. The van der Waals surface area contributed by atoms with Crippen LogP contribution in [0.25, 0.3) is 0 Å². The molecule has 0 bridgehead atoms. The Labute approximate surface area is 114 Å². The van der Waals surface area contributed by atoms with E-state index in [1.54, 1.807) is 18.2 Å². The van der Waals surface area contributed by atoms with Crippen LogP contribution < -0.4 is 10.1 Å². The van der Waals surface area contributed by atoms with E-state index in [1.165, 1.54) is 20.0 Å². The molecule has 0 aliphatic carbocycles. The van der Waals surface area contributed by atoms with Gasteiger partial charge >= 0.3 is 0 Å². The van der Waals surface area contributed by atoms with Crippen molar-refractivity contribution in [2.45, 2.75) is 25.9 Å². The molecule has 106 valence electrons. The molecule has 3 nitrogen and oxygen atoms in total. The number of piperidine rings is 1. The van der Waals surface area contributed by atoms with Crippen LogP contribution in [0.4, 0.5) is 4.39 Å². The number of ether oxygens (including phenoxy) is 2. The largest absolute Gasteiger partial charge is 0.494 e. The first kappa shape index (κ1) is 14.3. The standard InChI is InChI=1S/C15H22FNO2/c1-18-14-6-2-5-13(15(14)16)11-19-9-7-12-4-3-8-17-10-12/h2,5-6,12,17H,3-4,7-11H2,1H3. The van der Waals surface area contributed by atoms with Crippen molar-refractivity contribution in [2.24, 2.45) is 5.92 Å². The third-order valence-corrected chi connectivity index (χ3v) is 3.59. The maximum absolute atomic E-state index is 13.8. The molecule has 0 radical (unpaired) electrons. The summed E-state index contributed by atoms with van der Waals surface area (Å²) in [6.45, 7) is 3.20. The summed E-state index contributed by atoms with van der Waals surface area (Å²) in [5.41, 5.74) is 0.557. The normalized spacial score (nSPS) is 19.4. The van der Waals surface area contributed by atoms with Gasteiger partial charge in [-0.1, -0.05) is 12.1 Å². The first-order valence-corrected chi connectivity index (χ1v) is 6.91. The number of methoxy groups -OCH3 is 1. The van der Waals surface area contributed by atoms with E-state index in [9.17, 15) is 4.39 Å². The minimum Gasteiger partial charge on any atom is -0.494 e. The smallest absolute Gasteiger partial charge is 0.170 e. The summed E-state index contributed by atoms with van der Waals surface area (Å²) in [5, 5.41) is 3.39. The van der Waals surface area contributed by atoms with Crippen molar-refractivity contribution >= 4 is 0 Å². The fourth-order valence-electron chi connectivity index (χ4n) is 2.43. The maximum Gasteiger partial charge on any atom is 0.170 e. The van der Waals surface area contributed by atoms with Crippen molar-refractivity contribution in [3.05, 3.63) is 29.6 Å². The van der Waals surface area contributed by atoms with Gasteiger partial charge < -0.3 is 14.8 Å². The molecule has 1 heterocycles. The summed E-state index contributed by atoms with van der Waals surface area (Å²) in [6.07, 6.45) is 3.55. The molecule has 4 heteroatoms. The Bertz CT molecular complexity index is 392. The minimum atomic E-state index is -0.315. The van der Waals surface area contributed by atoms with Gasteiger partial charge in [0.1, 0.15) is 0 Å². The number of hydrogen-bond donors (Lipinski definition) is 1. The summed E-state index contributed by atoms with van der Waals surface area (Å²) < 4.78 is 24.4. The van der Waals surface area contributed by atoms with E-state index in [0.29, 0.717) is 24.7 Å². The average Bonchev–Trinajstić information content (AvgIpc) is 2.46. The zero-order valence-electron chi connectivity index (χ0n) is 11.5. The van der Waals surface area contributed by atoms with E-state index in [2.05, 4.69) is 5.32 Å². The second-order valence-electron chi connectivity index (χ2n) is 4.99. The first-order valence-electron chi connectivity index (χ1n) is 6.91. The number of hydrogen-bond acceptors (Lipinski definition) is 3. The zero-order valence-corrected chi connectivity index (χ0v) is 11.5. The van der Waals surface area contributed by atoms with Crippen LogP contribution in [0, 0.1) is 11.7 Å². The monoisotopic (exact) mass is 267 g/mol. The molecule has 19 heavy (non-hydrogen) atoms. The van der Waals surface area contributed by atoms with Gasteiger partial charge in [0.05, 0.1) is 13.7 Å². The van der Waals surface area contributed by atoms with E-state index in [4.69, 9.17) is 9.47 Å². The number of benzene rings is 1. The van der Waals surface area contributed by atoms with Gasteiger partial charge in [0.15, 0.2) is 11.6 Å². The summed E-state index contributed by atoms with van der Waals surface area (Å²) in [5.74, 6) is 0.658. The minimum absolute atomic E-state index is 0.276. The third-order valence-electron chi connectivity index (χ3n) is 3.59. The zero-order chi connectivity index (χ0) is 13.5. The van der Waals surface area contributed by atoms with Crippen molar-refractivity contribution in [2.75, 3.05) is 26.8 Å². The highest BCUT2D eigenvalue weighted by molar-refractivity contribution is 5.30. The molecule has 1 fully saturated rings. The van der Waals surface area contributed by atoms with Crippen LogP contribution in [0.1, 0.15) is 24.8 Å². The molecule has 1 aliphatic heterocycles. The van der Waals surface area contributed by atoms with Gasteiger partial charge in [-0.25, -0.2) is 4.39 Å². The Morgan fingerprint density at radius 3 is 3.05 bits per heavy atom. The van der Waals surface area contributed by atoms with E-state index in [0.717, 1.165) is 19.5 Å². The molecular formula is C15H22FNO2. The predicted molar refractivity (Wildman–Crippen MR) is 72.8 cm³/mol. The molecule has 1 saturated heterocycles. The van der Waals surface area contributed by atoms with Gasteiger partial charge in [-0.15, -0.1) is 0 Å². The van der Waals surface area contributed by atoms with Crippen LogP contribution in [-0.4, -0.2) is 26.8 Å². The van der Waals surface area contributed by atoms with Gasteiger partial charge in [0.25, 0.3) is 0 Å². The number of rotatable bonds is 6. The van der Waals surface area contributed by atoms with Gasteiger partial charge in [0, 0.05) is 12.2 Å². The average molecular weight is 267 g/mol. The highest BCUT2D eigenvalue weighted by Gasteiger charge is 2.13. The van der Waals surface area contributed by atoms with E-state index >= 15 is 0 Å². The Kier molecular flexibility index (Phi) is 5.61. The number of halogens is 1. The SMILES string of the molecule is COc1cccc(COCCC2CCCNC2)c1F. The summed E-state index contributed by atoms with van der Waals surface area (Å²) in [7, 11) is 1.47. The van der Waals surface area contributed by atoms with Crippen LogP contribution >= 0.6 is 0 Å². The highest BCUT2D eigenvalue weighted by Crippen LogP contribution is 2.21. The van der Waals surface area contributed by atoms with Crippen LogP contribution in [0.15, 0.2) is 18.2 Å². The molecule has 1 N–H and O–H groups in total. The summed E-state index contributed by atoms with van der Waals surface area (Å²) >= 11 is 0. The van der Waals surface area contributed by atoms with Crippen molar-refractivity contribution in [3.8, 4) is 5.75 Å². The molecule has 2 rings (SSSR count). The molecule has 1 aliphatic rings. The second-order valence-corrected chi connectivity index (χ2v) is 4.99. The van der Waals surface area contributed by atoms with E-state index in [1.807, 2.05) is 0 Å². The first-order chi connectivity index (χ1) is 9.31. The molecule has 0 saturated carbocycles. The van der Waals surface area contributed by atoms with Crippen molar-refractivity contribution in [1.82, 2.24) is 5.32 Å². The van der Waals surface area contributed by atoms with Crippen LogP contribution in [0.5, 0.6) is 5.75 Å². The summed E-state index contributed by atoms with van der Waals surface area (Å²) in [6, 6.07) is 5.14. The quantitative estimate of drug-likeness (QED) is 0.804. The van der Waals surface area contributed by atoms with Gasteiger partial charge in [-0.3, -0.25) is 0 Å². The Morgan fingerprint density at radius 2 is 2.32 bits per heavy atom. The van der Waals surface area contributed by atoms with E-state index in [-0.39, 0.29) is 11.6 Å². The summed E-state index contributed by atoms with van der Waals surface area (Å²) in [4.78, 5) is 0. The van der Waals surface area contributed by atoms with Crippen LogP contribution in [0.3, 0.4) is 0 Å². The van der Waals surface area contributed by atoms with Crippen LogP contribution in [-0.2, 0) is 11.3 Å².